The maximum absolute atomic E-state index is 5.47. The van der Waals surface area contributed by atoms with Gasteiger partial charge in [-0.2, -0.15) is 0 Å². The van der Waals surface area contributed by atoms with Crippen LogP contribution < -0.4 is 4.90 Å². The second kappa shape index (κ2) is 13.2. The van der Waals surface area contributed by atoms with E-state index in [4.69, 9.17) is 9.97 Å². The summed E-state index contributed by atoms with van der Waals surface area (Å²) in [6.45, 7) is 9.00. The lowest BCUT2D eigenvalue weighted by molar-refractivity contribution is 0.631. The van der Waals surface area contributed by atoms with Crippen LogP contribution in [0.3, 0.4) is 0 Å². The quantitative estimate of drug-likeness (QED) is 0.166. The van der Waals surface area contributed by atoms with Gasteiger partial charge in [0.15, 0.2) is 5.82 Å². The zero-order chi connectivity index (χ0) is 38.0. The predicted molar refractivity (Wildman–Crippen MR) is 235 cm³/mol. The van der Waals surface area contributed by atoms with Crippen LogP contribution in [0, 0.1) is 13.8 Å². The van der Waals surface area contributed by atoms with Crippen molar-refractivity contribution in [2.75, 3.05) is 4.90 Å². The highest BCUT2D eigenvalue weighted by atomic mass is 15.2. The van der Waals surface area contributed by atoms with Crippen molar-refractivity contribution in [2.45, 2.75) is 33.1 Å². The van der Waals surface area contributed by atoms with Crippen LogP contribution in [-0.4, -0.2) is 9.97 Å². The molecule has 3 nitrogen and oxygen atoms in total. The van der Waals surface area contributed by atoms with E-state index in [0.29, 0.717) is 0 Å². The fourth-order valence-electron chi connectivity index (χ4n) is 9.06. The summed E-state index contributed by atoms with van der Waals surface area (Å²) in [5.74, 6) is 0.740. The van der Waals surface area contributed by atoms with Crippen LogP contribution in [0.5, 0.6) is 0 Å². The van der Waals surface area contributed by atoms with E-state index in [-0.39, 0.29) is 5.41 Å². The van der Waals surface area contributed by atoms with E-state index in [1.54, 1.807) is 0 Å². The number of aryl methyl sites for hydroxylation is 2. The van der Waals surface area contributed by atoms with Gasteiger partial charge in [-0.3, -0.25) is 0 Å². The molecule has 3 heteroatoms. The number of hydrogen-bond donors (Lipinski definition) is 0. The number of benzene rings is 8. The number of anilines is 3. The molecule has 8 aromatic carbocycles. The molecule has 0 radical (unpaired) electrons. The first kappa shape index (κ1) is 33.7. The number of nitrogens with zero attached hydrogens (tertiary/aromatic N) is 3. The van der Waals surface area contributed by atoms with Crippen molar-refractivity contribution >= 4 is 38.6 Å². The Morgan fingerprint density at radius 2 is 0.768 bits per heavy atom. The van der Waals surface area contributed by atoms with E-state index in [1.807, 2.05) is 0 Å². The van der Waals surface area contributed by atoms with Crippen molar-refractivity contribution in [2.24, 2.45) is 0 Å². The Balaban J connectivity index is 1.23. The van der Waals surface area contributed by atoms with Gasteiger partial charge in [0.2, 0.25) is 0 Å². The van der Waals surface area contributed by atoms with Crippen LogP contribution in [0.4, 0.5) is 17.1 Å². The molecule has 1 aliphatic heterocycles. The summed E-state index contributed by atoms with van der Waals surface area (Å²) < 4.78 is 0. The lowest BCUT2D eigenvalue weighted by Gasteiger charge is -2.43. The SMILES string of the molecule is Cc1nc(-c2c3ccccc3c(-c3ccccc3)c3ccccc23)nc(C)c1N1c2cc(-c3ccccc3)ccc2C(C)(C)c2ccc(-c3ccccc3)cc21. The third-order valence-electron chi connectivity index (χ3n) is 11.7. The van der Waals surface area contributed by atoms with Gasteiger partial charge in [0.25, 0.3) is 0 Å². The van der Waals surface area contributed by atoms with E-state index in [2.05, 4.69) is 209 Å². The minimum Gasteiger partial charge on any atom is -0.306 e. The van der Waals surface area contributed by atoms with Gasteiger partial charge in [-0.15, -0.1) is 0 Å². The van der Waals surface area contributed by atoms with Gasteiger partial charge >= 0.3 is 0 Å². The molecule has 0 bridgehead atoms. The average molecular weight is 720 g/mol. The molecule has 0 saturated carbocycles. The fraction of sp³-hybridized carbons (Fsp3) is 0.0943. The number of rotatable bonds is 5. The molecule has 9 aromatic rings. The van der Waals surface area contributed by atoms with Crippen LogP contribution in [0.15, 0.2) is 176 Å². The highest BCUT2D eigenvalue weighted by Crippen LogP contribution is 2.54. The summed E-state index contributed by atoms with van der Waals surface area (Å²) in [6.07, 6.45) is 0. The molecule has 2 heterocycles. The van der Waals surface area contributed by atoms with Crippen molar-refractivity contribution in [1.82, 2.24) is 9.97 Å². The van der Waals surface area contributed by atoms with Crippen LogP contribution >= 0.6 is 0 Å². The van der Waals surface area contributed by atoms with Crippen LogP contribution in [0.25, 0.3) is 66.3 Å². The smallest absolute Gasteiger partial charge is 0.161 e. The van der Waals surface area contributed by atoms with Crippen LogP contribution in [0.2, 0.25) is 0 Å². The largest absolute Gasteiger partial charge is 0.306 e. The molecule has 0 amide bonds. The molecule has 10 rings (SSSR count). The summed E-state index contributed by atoms with van der Waals surface area (Å²) in [7, 11) is 0. The summed E-state index contributed by atoms with van der Waals surface area (Å²) in [5.41, 5.74) is 15.7. The zero-order valence-electron chi connectivity index (χ0n) is 32.1. The highest BCUT2D eigenvalue weighted by Gasteiger charge is 2.39. The summed E-state index contributed by atoms with van der Waals surface area (Å²) >= 11 is 0. The normalized spacial score (nSPS) is 13.1. The van der Waals surface area contributed by atoms with Gasteiger partial charge < -0.3 is 4.90 Å². The van der Waals surface area contributed by atoms with Crippen molar-refractivity contribution in [3.8, 4) is 44.8 Å². The van der Waals surface area contributed by atoms with E-state index >= 15 is 0 Å². The molecule has 0 unspecified atom stereocenters. The number of fused-ring (bicyclic) bond motifs is 4. The van der Waals surface area contributed by atoms with Crippen molar-refractivity contribution < 1.29 is 0 Å². The standard InChI is InChI=1S/C53H41N3/c1-34-51(35(2)55-52(54-34)50-43-26-16-14-24-41(43)49(38-22-12-7-13-23-38)42-25-15-17-27-44(42)50)56-47-32-39(36-18-8-5-9-19-36)28-30-45(47)53(3,4)46-31-29-40(33-48(46)56)37-20-10-6-11-21-37/h5-33H,1-4H3. The van der Waals surface area contributed by atoms with Gasteiger partial charge in [0.1, 0.15) is 0 Å². The molecule has 56 heavy (non-hydrogen) atoms. The number of aromatic nitrogens is 2. The van der Waals surface area contributed by atoms with Crippen LogP contribution in [0.1, 0.15) is 36.4 Å². The molecule has 268 valence electrons. The third-order valence-corrected chi connectivity index (χ3v) is 11.7. The highest BCUT2D eigenvalue weighted by molar-refractivity contribution is 6.20. The molecule has 0 saturated heterocycles. The Labute approximate surface area is 328 Å². The molecular weight excluding hydrogens is 679 g/mol. The van der Waals surface area contributed by atoms with Gasteiger partial charge in [0.05, 0.1) is 28.5 Å². The Hall–Kier alpha value is -6.84. The van der Waals surface area contributed by atoms with E-state index in [0.717, 1.165) is 50.6 Å². The Morgan fingerprint density at radius 1 is 0.393 bits per heavy atom. The monoisotopic (exact) mass is 719 g/mol. The Bertz CT molecular complexity index is 2780. The van der Waals surface area contributed by atoms with Crippen molar-refractivity contribution in [3.63, 3.8) is 0 Å². The first-order chi connectivity index (χ1) is 27.4. The van der Waals surface area contributed by atoms with E-state index < -0.39 is 0 Å². The van der Waals surface area contributed by atoms with Gasteiger partial charge in [-0.1, -0.05) is 178 Å². The third kappa shape index (κ3) is 5.34. The Kier molecular flexibility index (Phi) is 7.93. The Morgan fingerprint density at radius 3 is 1.20 bits per heavy atom. The lowest BCUT2D eigenvalue weighted by Crippen LogP contribution is -2.31. The van der Waals surface area contributed by atoms with Crippen molar-refractivity contribution in [3.05, 3.63) is 198 Å². The first-order valence-corrected chi connectivity index (χ1v) is 19.4. The molecule has 0 atom stereocenters. The van der Waals surface area contributed by atoms with E-state index in [9.17, 15) is 0 Å². The fourth-order valence-corrected chi connectivity index (χ4v) is 9.06. The van der Waals surface area contributed by atoms with Crippen LogP contribution in [-0.2, 0) is 5.41 Å². The zero-order valence-corrected chi connectivity index (χ0v) is 32.1. The maximum atomic E-state index is 5.47. The summed E-state index contributed by atoms with van der Waals surface area (Å²) in [6, 6.07) is 63.4. The molecular formula is C53H41N3. The molecule has 0 N–H and O–H groups in total. The summed E-state index contributed by atoms with van der Waals surface area (Å²) in [4.78, 5) is 13.4. The summed E-state index contributed by atoms with van der Waals surface area (Å²) in [5, 5.41) is 4.68. The molecule has 1 aliphatic rings. The number of hydrogen-bond acceptors (Lipinski definition) is 3. The molecule has 0 spiro atoms. The molecule has 0 fully saturated rings. The first-order valence-electron chi connectivity index (χ1n) is 19.4. The predicted octanol–water partition coefficient (Wildman–Crippen LogP) is 14.2. The van der Waals surface area contributed by atoms with E-state index in [1.165, 1.54) is 55.3 Å². The van der Waals surface area contributed by atoms with Gasteiger partial charge in [-0.25, -0.2) is 9.97 Å². The molecule has 0 aliphatic carbocycles. The second-order valence-electron chi connectivity index (χ2n) is 15.4. The lowest BCUT2D eigenvalue weighted by atomic mass is 9.72. The minimum atomic E-state index is -0.244. The van der Waals surface area contributed by atoms with Gasteiger partial charge in [0, 0.05) is 11.0 Å². The average Bonchev–Trinajstić information content (AvgIpc) is 3.24. The molecule has 1 aromatic heterocycles. The van der Waals surface area contributed by atoms with Gasteiger partial charge in [-0.05, 0) is 92.0 Å². The maximum Gasteiger partial charge on any atom is 0.161 e. The topological polar surface area (TPSA) is 29.0 Å². The second-order valence-corrected chi connectivity index (χ2v) is 15.4. The van der Waals surface area contributed by atoms with Crippen molar-refractivity contribution in [1.29, 1.82) is 0 Å². The minimum absolute atomic E-state index is 0.244.